The molecule has 17 heavy (non-hydrogen) atoms. The van der Waals surface area contributed by atoms with Crippen LogP contribution in [0.5, 0.6) is 0 Å². The molecule has 0 aliphatic heterocycles. The predicted molar refractivity (Wildman–Crippen MR) is 62.1 cm³/mol. The Hall–Kier alpha value is -2.42. The number of hydrogen-bond acceptors (Lipinski definition) is 5. The van der Waals surface area contributed by atoms with Crippen LogP contribution in [0.3, 0.4) is 0 Å². The Morgan fingerprint density at radius 3 is 2.88 bits per heavy atom. The number of rotatable bonds is 3. The van der Waals surface area contributed by atoms with Gasteiger partial charge in [-0.2, -0.15) is 10.4 Å². The zero-order valence-electron chi connectivity index (χ0n) is 9.65. The summed E-state index contributed by atoms with van der Waals surface area (Å²) < 4.78 is 0. The molecule has 6 heteroatoms. The SMILES string of the molecule is Cc1nnc(NCc2cnc[nH]2)c(C#N)c1C. The second-order valence-corrected chi connectivity index (χ2v) is 3.68. The standard InChI is InChI=1S/C11H12N6/c1-7-8(2)16-17-11(10(7)3-12)14-5-9-4-13-6-15-9/h4,6H,5H2,1-2H3,(H,13,15)(H,14,17). The van der Waals surface area contributed by atoms with E-state index in [4.69, 9.17) is 5.26 Å². The number of imidazole rings is 1. The quantitative estimate of drug-likeness (QED) is 0.826. The van der Waals surface area contributed by atoms with Crippen molar-refractivity contribution in [3.05, 3.63) is 35.0 Å². The molecule has 2 N–H and O–H groups in total. The summed E-state index contributed by atoms with van der Waals surface area (Å²) in [5.41, 5.74) is 3.09. The second kappa shape index (κ2) is 4.61. The topological polar surface area (TPSA) is 90.3 Å². The fourth-order valence-corrected chi connectivity index (χ4v) is 1.43. The molecule has 0 spiro atoms. The third-order valence-corrected chi connectivity index (χ3v) is 2.57. The first kappa shape index (κ1) is 11.1. The second-order valence-electron chi connectivity index (χ2n) is 3.68. The summed E-state index contributed by atoms with van der Waals surface area (Å²) in [6.07, 6.45) is 3.32. The molecule has 2 heterocycles. The first-order valence-electron chi connectivity index (χ1n) is 5.17. The van der Waals surface area contributed by atoms with Crippen molar-refractivity contribution < 1.29 is 0 Å². The van der Waals surface area contributed by atoms with Gasteiger partial charge in [0, 0.05) is 6.20 Å². The summed E-state index contributed by atoms with van der Waals surface area (Å²) in [4.78, 5) is 6.88. The number of nitrogens with one attached hydrogen (secondary N) is 2. The van der Waals surface area contributed by atoms with Crippen LogP contribution in [0, 0.1) is 25.2 Å². The molecular formula is C11H12N6. The van der Waals surface area contributed by atoms with E-state index in [1.54, 1.807) is 12.5 Å². The number of aryl methyl sites for hydroxylation is 1. The number of aromatic nitrogens is 4. The average molecular weight is 228 g/mol. The maximum absolute atomic E-state index is 9.10. The average Bonchev–Trinajstić information content (AvgIpc) is 2.83. The first-order valence-corrected chi connectivity index (χ1v) is 5.17. The van der Waals surface area contributed by atoms with Crippen molar-refractivity contribution in [1.82, 2.24) is 20.2 Å². The van der Waals surface area contributed by atoms with Crippen molar-refractivity contribution >= 4 is 5.82 Å². The molecule has 2 rings (SSSR count). The van der Waals surface area contributed by atoms with Crippen LogP contribution in [0.25, 0.3) is 0 Å². The van der Waals surface area contributed by atoms with Crippen molar-refractivity contribution in [3.8, 4) is 6.07 Å². The molecule has 0 aliphatic carbocycles. The summed E-state index contributed by atoms with van der Waals surface area (Å²) in [6, 6.07) is 2.14. The number of aromatic amines is 1. The van der Waals surface area contributed by atoms with E-state index >= 15 is 0 Å². The van der Waals surface area contributed by atoms with Crippen LogP contribution in [-0.4, -0.2) is 20.2 Å². The van der Waals surface area contributed by atoms with E-state index in [1.807, 2.05) is 13.8 Å². The van der Waals surface area contributed by atoms with E-state index in [0.717, 1.165) is 17.0 Å². The van der Waals surface area contributed by atoms with Gasteiger partial charge in [-0.05, 0) is 19.4 Å². The van der Waals surface area contributed by atoms with Crippen molar-refractivity contribution in [2.24, 2.45) is 0 Å². The van der Waals surface area contributed by atoms with Crippen LogP contribution in [-0.2, 0) is 6.54 Å². The highest BCUT2D eigenvalue weighted by molar-refractivity contribution is 5.55. The number of nitrogens with zero attached hydrogens (tertiary/aromatic N) is 4. The number of H-pyrrole nitrogens is 1. The normalized spacial score (nSPS) is 9.94. The zero-order chi connectivity index (χ0) is 12.3. The van der Waals surface area contributed by atoms with Crippen molar-refractivity contribution in [1.29, 1.82) is 5.26 Å². The maximum Gasteiger partial charge on any atom is 0.167 e. The zero-order valence-corrected chi connectivity index (χ0v) is 9.65. The van der Waals surface area contributed by atoms with Gasteiger partial charge in [0.2, 0.25) is 0 Å². The summed E-state index contributed by atoms with van der Waals surface area (Å²) in [5.74, 6) is 0.505. The fraction of sp³-hybridized carbons (Fsp3) is 0.273. The smallest absolute Gasteiger partial charge is 0.167 e. The van der Waals surface area contributed by atoms with Gasteiger partial charge in [0.25, 0.3) is 0 Å². The van der Waals surface area contributed by atoms with Gasteiger partial charge in [0.15, 0.2) is 5.82 Å². The molecule has 0 saturated heterocycles. The van der Waals surface area contributed by atoms with Gasteiger partial charge in [0.05, 0.1) is 24.3 Å². The van der Waals surface area contributed by atoms with Gasteiger partial charge >= 0.3 is 0 Å². The van der Waals surface area contributed by atoms with Gasteiger partial charge in [-0.1, -0.05) is 0 Å². The Morgan fingerprint density at radius 1 is 1.41 bits per heavy atom. The summed E-state index contributed by atoms with van der Waals surface area (Å²) in [6.45, 7) is 4.23. The predicted octanol–water partition coefficient (Wildman–Crippen LogP) is 1.30. The van der Waals surface area contributed by atoms with Gasteiger partial charge in [-0.15, -0.1) is 5.10 Å². The Kier molecular flexibility index (Phi) is 3.01. The van der Waals surface area contributed by atoms with Gasteiger partial charge in [-0.3, -0.25) is 0 Å². The molecule has 0 radical (unpaired) electrons. The molecule has 0 aromatic carbocycles. The Labute approximate surface area is 98.7 Å². The van der Waals surface area contributed by atoms with E-state index in [9.17, 15) is 0 Å². The molecule has 0 unspecified atom stereocenters. The van der Waals surface area contributed by atoms with Gasteiger partial charge < -0.3 is 10.3 Å². The minimum Gasteiger partial charge on any atom is -0.362 e. The van der Waals surface area contributed by atoms with Gasteiger partial charge in [-0.25, -0.2) is 4.98 Å². The van der Waals surface area contributed by atoms with Crippen LogP contribution >= 0.6 is 0 Å². The molecule has 86 valence electrons. The van der Waals surface area contributed by atoms with Crippen molar-refractivity contribution in [3.63, 3.8) is 0 Å². The number of nitriles is 1. The Balaban J connectivity index is 2.22. The summed E-state index contributed by atoms with van der Waals surface area (Å²) in [5, 5.41) is 20.2. The van der Waals surface area contributed by atoms with Crippen LogP contribution in [0.15, 0.2) is 12.5 Å². The molecule has 0 fully saturated rings. The lowest BCUT2D eigenvalue weighted by Gasteiger charge is -2.08. The lowest BCUT2D eigenvalue weighted by Crippen LogP contribution is -2.07. The van der Waals surface area contributed by atoms with E-state index in [2.05, 4.69) is 31.6 Å². The van der Waals surface area contributed by atoms with Crippen LogP contribution < -0.4 is 5.32 Å². The first-order chi connectivity index (χ1) is 8.22. The highest BCUT2D eigenvalue weighted by atomic mass is 15.2. The van der Waals surface area contributed by atoms with E-state index < -0.39 is 0 Å². The van der Waals surface area contributed by atoms with Crippen LogP contribution in [0.2, 0.25) is 0 Å². The molecule has 6 nitrogen and oxygen atoms in total. The van der Waals surface area contributed by atoms with E-state index in [-0.39, 0.29) is 0 Å². The molecule has 0 amide bonds. The Morgan fingerprint density at radius 2 is 2.24 bits per heavy atom. The maximum atomic E-state index is 9.10. The van der Waals surface area contributed by atoms with Crippen LogP contribution in [0.4, 0.5) is 5.82 Å². The summed E-state index contributed by atoms with van der Waals surface area (Å²) >= 11 is 0. The van der Waals surface area contributed by atoms with Crippen LogP contribution in [0.1, 0.15) is 22.5 Å². The number of hydrogen-bond donors (Lipinski definition) is 2. The largest absolute Gasteiger partial charge is 0.362 e. The molecule has 0 atom stereocenters. The molecule has 2 aromatic heterocycles. The molecule has 2 aromatic rings. The number of anilines is 1. The monoisotopic (exact) mass is 228 g/mol. The highest BCUT2D eigenvalue weighted by Gasteiger charge is 2.10. The highest BCUT2D eigenvalue weighted by Crippen LogP contribution is 2.17. The summed E-state index contributed by atoms with van der Waals surface area (Å²) in [7, 11) is 0. The Bertz CT molecular complexity index is 552. The molecule has 0 saturated carbocycles. The van der Waals surface area contributed by atoms with E-state index in [0.29, 0.717) is 17.9 Å². The molecule has 0 aliphatic rings. The lowest BCUT2D eigenvalue weighted by molar-refractivity contribution is 0.934. The van der Waals surface area contributed by atoms with E-state index in [1.165, 1.54) is 0 Å². The lowest BCUT2D eigenvalue weighted by atomic mass is 10.1. The minimum atomic E-state index is 0.505. The minimum absolute atomic E-state index is 0.505. The third kappa shape index (κ3) is 2.23. The van der Waals surface area contributed by atoms with Crippen molar-refractivity contribution in [2.75, 3.05) is 5.32 Å². The molecule has 0 bridgehead atoms. The van der Waals surface area contributed by atoms with Crippen molar-refractivity contribution in [2.45, 2.75) is 20.4 Å². The fourth-order valence-electron chi connectivity index (χ4n) is 1.43. The third-order valence-electron chi connectivity index (χ3n) is 2.57. The van der Waals surface area contributed by atoms with Gasteiger partial charge in [0.1, 0.15) is 11.6 Å². The molecular weight excluding hydrogens is 216 g/mol.